The van der Waals surface area contributed by atoms with Crippen LogP contribution in [0.4, 0.5) is 4.79 Å². The highest BCUT2D eigenvalue weighted by Gasteiger charge is 2.52. The van der Waals surface area contributed by atoms with Crippen molar-refractivity contribution >= 4 is 23.7 Å². The Morgan fingerprint density at radius 2 is 1.97 bits per heavy atom. The fourth-order valence-electron chi connectivity index (χ4n) is 4.89. The number of aryl methyl sites for hydroxylation is 1. The second-order valence-electron chi connectivity index (χ2n) is 8.72. The summed E-state index contributed by atoms with van der Waals surface area (Å²) in [6, 6.07) is 1.22. The van der Waals surface area contributed by atoms with Gasteiger partial charge in [0.05, 0.1) is 6.10 Å². The van der Waals surface area contributed by atoms with Crippen LogP contribution in [0.2, 0.25) is 0 Å². The average Bonchev–Trinajstić information content (AvgIpc) is 3.51. The van der Waals surface area contributed by atoms with Gasteiger partial charge in [0.25, 0.3) is 5.91 Å². The molecule has 9 heteroatoms. The first-order valence-electron chi connectivity index (χ1n) is 10.9. The normalized spacial score (nSPS) is 22.4. The lowest BCUT2D eigenvalue weighted by Gasteiger charge is -2.19. The van der Waals surface area contributed by atoms with Gasteiger partial charge in [-0.1, -0.05) is 12.8 Å². The molecule has 0 bridgehead atoms. The number of nitrogens with zero attached hydrogens (tertiary/aromatic N) is 2. The van der Waals surface area contributed by atoms with Gasteiger partial charge in [-0.15, -0.1) is 0 Å². The molecule has 9 nitrogen and oxygen atoms in total. The molecule has 0 unspecified atom stereocenters. The maximum atomic E-state index is 12.7. The molecule has 3 fully saturated rings. The molecule has 1 spiro atoms. The Morgan fingerprint density at radius 1 is 1.23 bits per heavy atom. The number of Topliss-reactive ketones (excluding diaryl/α,β-unsaturated/α-hetero) is 1. The zero-order valence-corrected chi connectivity index (χ0v) is 18.1. The summed E-state index contributed by atoms with van der Waals surface area (Å²) in [4.78, 5) is 50.6. The van der Waals surface area contributed by atoms with E-state index in [1.807, 2.05) is 13.8 Å². The van der Waals surface area contributed by atoms with Gasteiger partial charge < -0.3 is 19.4 Å². The molecule has 0 aromatic carbocycles. The van der Waals surface area contributed by atoms with E-state index in [1.54, 1.807) is 6.07 Å². The molecule has 0 radical (unpaired) electrons. The van der Waals surface area contributed by atoms with Gasteiger partial charge in [0, 0.05) is 30.1 Å². The third kappa shape index (κ3) is 4.11. The van der Waals surface area contributed by atoms with Crippen molar-refractivity contribution in [2.24, 2.45) is 0 Å². The molecule has 3 aliphatic rings. The number of nitrogens with one attached hydrogen (secondary N) is 1. The molecule has 1 aliphatic carbocycles. The average molecular weight is 431 g/mol. The fraction of sp³-hybridized carbons (Fsp3) is 0.636. The number of urea groups is 1. The molecule has 31 heavy (non-hydrogen) atoms. The molecule has 3 amide bonds. The molecule has 1 aromatic rings. The number of ketones is 1. The Balaban J connectivity index is 1.33. The van der Waals surface area contributed by atoms with Gasteiger partial charge in [-0.25, -0.2) is 4.79 Å². The molecule has 4 rings (SSSR count). The van der Waals surface area contributed by atoms with Crippen LogP contribution < -0.4 is 5.32 Å². The van der Waals surface area contributed by atoms with Crippen LogP contribution in [-0.2, 0) is 25.6 Å². The van der Waals surface area contributed by atoms with Crippen LogP contribution in [0.1, 0.15) is 60.3 Å². The Morgan fingerprint density at radius 3 is 2.65 bits per heavy atom. The summed E-state index contributed by atoms with van der Waals surface area (Å²) in [5, 5.41) is 2.72. The molecular formula is C22H29N3O6. The predicted octanol–water partition coefficient (Wildman–Crippen LogP) is 1.87. The topological polar surface area (TPSA) is 107 Å². The summed E-state index contributed by atoms with van der Waals surface area (Å²) in [6.45, 7) is 4.34. The van der Waals surface area contributed by atoms with E-state index in [0.29, 0.717) is 24.9 Å². The van der Waals surface area contributed by atoms with Crippen molar-refractivity contribution in [3.8, 4) is 0 Å². The van der Waals surface area contributed by atoms with Crippen LogP contribution in [0.15, 0.2) is 6.07 Å². The van der Waals surface area contributed by atoms with Gasteiger partial charge in [0.2, 0.25) is 5.78 Å². The highest BCUT2D eigenvalue weighted by molar-refractivity contribution is 6.09. The largest absolute Gasteiger partial charge is 0.456 e. The van der Waals surface area contributed by atoms with Crippen LogP contribution in [0.3, 0.4) is 0 Å². The molecule has 1 aromatic heterocycles. The van der Waals surface area contributed by atoms with Crippen molar-refractivity contribution in [3.05, 3.63) is 23.0 Å². The second kappa shape index (κ2) is 8.45. The van der Waals surface area contributed by atoms with E-state index < -0.39 is 30.7 Å². The summed E-state index contributed by atoms with van der Waals surface area (Å²) in [5.74, 6) is -1.47. The van der Waals surface area contributed by atoms with E-state index in [1.165, 1.54) is 0 Å². The van der Waals surface area contributed by atoms with Crippen molar-refractivity contribution < 1.29 is 28.7 Å². The maximum Gasteiger partial charge on any atom is 0.326 e. The number of aromatic nitrogens is 1. The van der Waals surface area contributed by atoms with Gasteiger partial charge in [-0.05, 0) is 45.6 Å². The van der Waals surface area contributed by atoms with E-state index >= 15 is 0 Å². The minimum atomic E-state index is -0.867. The molecule has 168 valence electrons. The number of carbonyl (C=O) groups is 4. The summed E-state index contributed by atoms with van der Waals surface area (Å²) in [7, 11) is 0. The van der Waals surface area contributed by atoms with Crippen molar-refractivity contribution in [2.45, 2.75) is 70.6 Å². The Bertz CT molecular complexity index is 909. The van der Waals surface area contributed by atoms with Gasteiger partial charge in [0.15, 0.2) is 6.61 Å². The standard InChI is InChI=1S/C22H29N3O6/c1-14-10-17(15(2)24(14)11-16-6-5-9-30-16)18(26)13-31-19(27)12-25-20(28)22(23-21(25)29)7-3-4-8-22/h10,16H,3-9,11-13H2,1-2H3,(H,23,29)/t16-/m0/s1. The number of imide groups is 1. The Hall–Kier alpha value is -2.68. The van der Waals surface area contributed by atoms with E-state index in [2.05, 4.69) is 9.88 Å². The van der Waals surface area contributed by atoms with Crippen molar-refractivity contribution in [3.63, 3.8) is 0 Å². The highest BCUT2D eigenvalue weighted by Crippen LogP contribution is 2.34. The lowest BCUT2D eigenvalue weighted by molar-refractivity contribution is -0.146. The first kappa shape index (κ1) is 21.5. The molecule has 2 saturated heterocycles. The zero-order chi connectivity index (χ0) is 22.2. The third-order valence-corrected chi connectivity index (χ3v) is 6.64. The molecule has 2 aliphatic heterocycles. The maximum absolute atomic E-state index is 12.7. The minimum absolute atomic E-state index is 0.151. The van der Waals surface area contributed by atoms with Gasteiger partial charge in [0.1, 0.15) is 12.1 Å². The van der Waals surface area contributed by atoms with Crippen molar-refractivity contribution in [1.29, 1.82) is 0 Å². The Kier molecular flexibility index (Phi) is 5.88. The number of carbonyl (C=O) groups excluding carboxylic acids is 4. The first-order valence-corrected chi connectivity index (χ1v) is 10.9. The van der Waals surface area contributed by atoms with Crippen LogP contribution in [0.5, 0.6) is 0 Å². The molecule has 1 atom stereocenters. The quantitative estimate of drug-likeness (QED) is 0.401. The first-order chi connectivity index (χ1) is 14.8. The van der Waals surface area contributed by atoms with Crippen LogP contribution in [-0.4, -0.2) is 64.6 Å². The van der Waals surface area contributed by atoms with E-state index in [4.69, 9.17) is 9.47 Å². The van der Waals surface area contributed by atoms with Gasteiger partial charge in [-0.3, -0.25) is 19.3 Å². The lowest BCUT2D eigenvalue weighted by Crippen LogP contribution is -2.44. The lowest BCUT2D eigenvalue weighted by atomic mass is 9.98. The summed E-state index contributed by atoms with van der Waals surface area (Å²) < 4.78 is 12.9. The number of ether oxygens (including phenoxy) is 2. The van der Waals surface area contributed by atoms with Crippen LogP contribution >= 0.6 is 0 Å². The fourth-order valence-corrected chi connectivity index (χ4v) is 4.89. The second-order valence-corrected chi connectivity index (χ2v) is 8.72. The Labute approximate surface area is 181 Å². The highest BCUT2D eigenvalue weighted by atomic mass is 16.5. The van der Waals surface area contributed by atoms with Gasteiger partial charge >= 0.3 is 12.0 Å². The number of hydrogen-bond acceptors (Lipinski definition) is 6. The van der Waals surface area contributed by atoms with E-state index in [9.17, 15) is 19.2 Å². The summed E-state index contributed by atoms with van der Waals surface area (Å²) >= 11 is 0. The third-order valence-electron chi connectivity index (χ3n) is 6.64. The van der Waals surface area contributed by atoms with Crippen LogP contribution in [0.25, 0.3) is 0 Å². The molecular weight excluding hydrogens is 402 g/mol. The van der Waals surface area contributed by atoms with Crippen molar-refractivity contribution in [2.75, 3.05) is 19.8 Å². The number of rotatable bonds is 7. The molecule has 1 saturated carbocycles. The summed E-state index contributed by atoms with van der Waals surface area (Å²) in [5.41, 5.74) is 1.40. The number of hydrogen-bond donors (Lipinski definition) is 1. The molecule has 3 heterocycles. The monoisotopic (exact) mass is 431 g/mol. The zero-order valence-electron chi connectivity index (χ0n) is 18.1. The van der Waals surface area contributed by atoms with Gasteiger partial charge in [-0.2, -0.15) is 0 Å². The summed E-state index contributed by atoms with van der Waals surface area (Å²) in [6.07, 6.45) is 5.10. The smallest absolute Gasteiger partial charge is 0.326 e. The van der Waals surface area contributed by atoms with Crippen LogP contribution in [0, 0.1) is 13.8 Å². The van der Waals surface area contributed by atoms with Crippen molar-refractivity contribution in [1.82, 2.24) is 14.8 Å². The SMILES string of the molecule is Cc1cc(C(=O)COC(=O)CN2C(=O)NC3(CCCC3)C2=O)c(C)n1C[C@@H]1CCCO1. The number of esters is 1. The molecule has 1 N–H and O–H groups in total. The minimum Gasteiger partial charge on any atom is -0.456 e. The number of amides is 3. The predicted molar refractivity (Wildman–Crippen MR) is 110 cm³/mol. The van der Waals surface area contributed by atoms with E-state index in [0.717, 1.165) is 48.6 Å². The van der Waals surface area contributed by atoms with E-state index in [-0.39, 0.29) is 17.8 Å².